The standard InChI is InChI=1S/C27H28N4O6S/c1-3-37-27(34)22-15-23(18-8-5-4-6-9-18)28-16-24(22)29-25(32)20-12-13-31(17-20)26(33)19-10-7-11-21(14-19)30-38(2,35)36/h4-11,14-16,20,30H,3,12-13,17H2,1-2H3,(H,29,32). The number of benzene rings is 2. The zero-order valence-corrected chi connectivity index (χ0v) is 21.8. The van der Waals surface area contributed by atoms with Gasteiger partial charge in [0.1, 0.15) is 0 Å². The Kier molecular flexibility index (Phi) is 8.06. The van der Waals surface area contributed by atoms with E-state index in [-0.39, 0.29) is 41.9 Å². The maximum atomic E-state index is 13.1. The number of hydrogen-bond acceptors (Lipinski definition) is 7. The van der Waals surface area contributed by atoms with Gasteiger partial charge in [-0.3, -0.25) is 19.3 Å². The third kappa shape index (κ3) is 6.54. The Morgan fingerprint density at radius 3 is 2.55 bits per heavy atom. The van der Waals surface area contributed by atoms with Crippen LogP contribution >= 0.6 is 0 Å². The lowest BCUT2D eigenvalue weighted by Gasteiger charge is -2.18. The first-order valence-corrected chi connectivity index (χ1v) is 13.9. The molecule has 0 saturated carbocycles. The van der Waals surface area contributed by atoms with Crippen LogP contribution in [0.4, 0.5) is 11.4 Å². The smallest absolute Gasteiger partial charge is 0.340 e. The largest absolute Gasteiger partial charge is 0.462 e. The SMILES string of the molecule is CCOC(=O)c1cc(-c2ccccc2)ncc1NC(=O)C1CCN(C(=O)c2cccc(NS(C)(=O)=O)c2)C1. The van der Waals surface area contributed by atoms with Gasteiger partial charge in [-0.25, -0.2) is 13.2 Å². The molecule has 1 aliphatic heterocycles. The van der Waals surface area contributed by atoms with Gasteiger partial charge in [0.05, 0.1) is 41.9 Å². The van der Waals surface area contributed by atoms with E-state index < -0.39 is 21.9 Å². The lowest BCUT2D eigenvalue weighted by atomic mass is 10.1. The summed E-state index contributed by atoms with van der Waals surface area (Å²) in [6, 6.07) is 17.1. The highest BCUT2D eigenvalue weighted by atomic mass is 32.2. The molecule has 2 aromatic carbocycles. The zero-order chi connectivity index (χ0) is 27.3. The molecule has 0 radical (unpaired) electrons. The molecule has 38 heavy (non-hydrogen) atoms. The van der Waals surface area contributed by atoms with E-state index >= 15 is 0 Å². The van der Waals surface area contributed by atoms with Gasteiger partial charge in [0.15, 0.2) is 0 Å². The van der Waals surface area contributed by atoms with Gasteiger partial charge in [0.25, 0.3) is 5.91 Å². The number of rotatable bonds is 8. The van der Waals surface area contributed by atoms with Crippen LogP contribution < -0.4 is 10.0 Å². The quantitative estimate of drug-likeness (QED) is 0.421. The highest BCUT2D eigenvalue weighted by Crippen LogP contribution is 2.26. The van der Waals surface area contributed by atoms with Gasteiger partial charge in [-0.05, 0) is 37.6 Å². The molecule has 1 fully saturated rings. The van der Waals surface area contributed by atoms with Gasteiger partial charge < -0.3 is 15.0 Å². The molecule has 10 nitrogen and oxygen atoms in total. The summed E-state index contributed by atoms with van der Waals surface area (Å²) in [6.07, 6.45) is 2.90. The maximum absolute atomic E-state index is 13.1. The summed E-state index contributed by atoms with van der Waals surface area (Å²) in [5, 5.41) is 2.79. The lowest BCUT2D eigenvalue weighted by molar-refractivity contribution is -0.119. The Morgan fingerprint density at radius 1 is 1.08 bits per heavy atom. The van der Waals surface area contributed by atoms with Crippen molar-refractivity contribution in [3.63, 3.8) is 0 Å². The highest BCUT2D eigenvalue weighted by Gasteiger charge is 2.32. The topological polar surface area (TPSA) is 135 Å². The number of likely N-dealkylation sites (tertiary alicyclic amines) is 1. The van der Waals surface area contributed by atoms with Gasteiger partial charge in [0, 0.05) is 29.9 Å². The maximum Gasteiger partial charge on any atom is 0.340 e. The first kappa shape index (κ1) is 26.8. The zero-order valence-electron chi connectivity index (χ0n) is 21.0. The van der Waals surface area contributed by atoms with Crippen molar-refractivity contribution in [3.05, 3.63) is 78.0 Å². The predicted octanol–water partition coefficient (Wildman–Crippen LogP) is 3.40. The molecule has 2 amide bonds. The molecule has 2 heterocycles. The fraction of sp³-hybridized carbons (Fsp3) is 0.259. The summed E-state index contributed by atoms with van der Waals surface area (Å²) < 4.78 is 30.6. The van der Waals surface area contributed by atoms with Crippen molar-refractivity contribution in [1.29, 1.82) is 0 Å². The van der Waals surface area contributed by atoms with Gasteiger partial charge in [-0.2, -0.15) is 0 Å². The van der Waals surface area contributed by atoms with Crippen molar-refractivity contribution in [2.24, 2.45) is 5.92 Å². The summed E-state index contributed by atoms with van der Waals surface area (Å²) in [5.74, 6) is -1.72. The van der Waals surface area contributed by atoms with Crippen LogP contribution in [0.1, 0.15) is 34.1 Å². The molecule has 1 saturated heterocycles. The molecular formula is C27H28N4O6S. The number of pyridine rings is 1. The van der Waals surface area contributed by atoms with E-state index in [4.69, 9.17) is 4.74 Å². The summed E-state index contributed by atoms with van der Waals surface area (Å²) in [7, 11) is -3.49. The van der Waals surface area contributed by atoms with Crippen molar-refractivity contribution < 1.29 is 27.5 Å². The number of amides is 2. The first-order valence-electron chi connectivity index (χ1n) is 12.0. The number of nitrogens with zero attached hydrogens (tertiary/aromatic N) is 2. The highest BCUT2D eigenvalue weighted by molar-refractivity contribution is 7.92. The molecule has 2 N–H and O–H groups in total. The number of carbonyl (C=O) groups excluding carboxylic acids is 3. The predicted molar refractivity (Wildman–Crippen MR) is 143 cm³/mol. The van der Waals surface area contributed by atoms with Crippen molar-refractivity contribution in [2.75, 3.05) is 36.0 Å². The molecule has 11 heteroatoms. The minimum Gasteiger partial charge on any atom is -0.462 e. The minimum atomic E-state index is -3.49. The van der Waals surface area contributed by atoms with Crippen molar-refractivity contribution in [3.8, 4) is 11.3 Å². The van der Waals surface area contributed by atoms with Crippen LogP contribution in [0, 0.1) is 5.92 Å². The molecule has 0 spiro atoms. The van der Waals surface area contributed by atoms with E-state index in [9.17, 15) is 22.8 Å². The number of anilines is 2. The van der Waals surface area contributed by atoms with E-state index in [2.05, 4.69) is 15.0 Å². The average Bonchev–Trinajstić information content (AvgIpc) is 3.39. The van der Waals surface area contributed by atoms with E-state index in [1.165, 1.54) is 12.3 Å². The molecule has 0 bridgehead atoms. The Balaban J connectivity index is 1.47. The Labute approximate surface area is 221 Å². The second kappa shape index (κ2) is 11.4. The van der Waals surface area contributed by atoms with E-state index in [1.807, 2.05) is 30.3 Å². The van der Waals surface area contributed by atoms with Crippen LogP contribution in [0.5, 0.6) is 0 Å². The number of hydrogen-bond donors (Lipinski definition) is 2. The Bertz CT molecular complexity index is 1460. The average molecular weight is 537 g/mol. The molecule has 1 unspecified atom stereocenters. The van der Waals surface area contributed by atoms with Crippen LogP contribution in [0.2, 0.25) is 0 Å². The van der Waals surface area contributed by atoms with Crippen LogP contribution in [-0.4, -0.2) is 62.0 Å². The Hall–Kier alpha value is -4.25. The molecular weight excluding hydrogens is 508 g/mol. The molecule has 1 aromatic heterocycles. The number of ether oxygens (including phenoxy) is 1. The third-order valence-electron chi connectivity index (χ3n) is 5.99. The van der Waals surface area contributed by atoms with E-state index in [0.29, 0.717) is 24.2 Å². The lowest BCUT2D eigenvalue weighted by Crippen LogP contribution is -2.31. The van der Waals surface area contributed by atoms with Crippen LogP contribution in [0.3, 0.4) is 0 Å². The second-order valence-electron chi connectivity index (χ2n) is 8.88. The van der Waals surface area contributed by atoms with Crippen molar-refractivity contribution in [2.45, 2.75) is 13.3 Å². The number of carbonyl (C=O) groups is 3. The molecule has 1 aliphatic rings. The first-order chi connectivity index (χ1) is 18.1. The monoisotopic (exact) mass is 536 g/mol. The van der Waals surface area contributed by atoms with Gasteiger partial charge in [-0.15, -0.1) is 0 Å². The van der Waals surface area contributed by atoms with Crippen LogP contribution in [0.15, 0.2) is 66.9 Å². The van der Waals surface area contributed by atoms with E-state index in [1.54, 1.807) is 36.1 Å². The van der Waals surface area contributed by atoms with Crippen molar-refractivity contribution in [1.82, 2.24) is 9.88 Å². The van der Waals surface area contributed by atoms with Crippen LogP contribution in [-0.2, 0) is 19.6 Å². The number of esters is 1. The molecule has 4 rings (SSSR count). The number of sulfonamides is 1. The minimum absolute atomic E-state index is 0.176. The summed E-state index contributed by atoms with van der Waals surface area (Å²) >= 11 is 0. The Morgan fingerprint density at radius 2 is 1.84 bits per heavy atom. The molecule has 3 aromatic rings. The summed E-state index contributed by atoms with van der Waals surface area (Å²) in [4.78, 5) is 44.8. The third-order valence-corrected chi connectivity index (χ3v) is 6.59. The number of nitrogens with one attached hydrogen (secondary N) is 2. The van der Waals surface area contributed by atoms with E-state index in [0.717, 1.165) is 11.8 Å². The second-order valence-corrected chi connectivity index (χ2v) is 10.6. The summed E-state index contributed by atoms with van der Waals surface area (Å²) in [6.45, 7) is 2.41. The molecule has 198 valence electrons. The van der Waals surface area contributed by atoms with Crippen LogP contribution in [0.25, 0.3) is 11.3 Å². The van der Waals surface area contributed by atoms with Gasteiger partial charge in [0.2, 0.25) is 15.9 Å². The fourth-order valence-electron chi connectivity index (χ4n) is 4.21. The molecule has 0 aliphatic carbocycles. The summed E-state index contributed by atoms with van der Waals surface area (Å²) in [5.41, 5.74) is 2.40. The number of aromatic nitrogens is 1. The molecule has 1 atom stereocenters. The van der Waals surface area contributed by atoms with Gasteiger partial charge in [-0.1, -0.05) is 36.4 Å². The van der Waals surface area contributed by atoms with Crippen molar-refractivity contribution >= 4 is 39.2 Å². The normalized spacial score (nSPS) is 15.1. The van der Waals surface area contributed by atoms with Gasteiger partial charge >= 0.3 is 5.97 Å². The fourth-order valence-corrected chi connectivity index (χ4v) is 4.76.